The molecule has 0 aromatic heterocycles. The number of rotatable bonds is 8. The maximum absolute atomic E-state index is 12.5. The standard InChI is InChI=1S/C22H27Cl2N3O4/c1-26-5-7-27(8-6-26)9-10-31-22(29)18-4-3-17(13-20(18)30-2)25-14-15-11-16(23)12-19(24)21(15)28/h3-4,11-13,25,28H,5-10,14H2,1-2H3. The van der Waals surface area contributed by atoms with Crippen molar-refractivity contribution in [1.82, 2.24) is 9.80 Å². The van der Waals surface area contributed by atoms with Crippen LogP contribution in [-0.4, -0.2) is 74.4 Å². The number of likely N-dealkylation sites (N-methyl/N-ethyl adjacent to an activating group) is 1. The van der Waals surface area contributed by atoms with Gasteiger partial charge in [-0.2, -0.15) is 0 Å². The summed E-state index contributed by atoms with van der Waals surface area (Å²) in [6, 6.07) is 8.24. The van der Waals surface area contributed by atoms with Gasteiger partial charge >= 0.3 is 5.97 Å². The molecule has 0 spiro atoms. The number of ether oxygens (including phenoxy) is 2. The minimum Gasteiger partial charge on any atom is -0.506 e. The van der Waals surface area contributed by atoms with Crippen molar-refractivity contribution in [3.8, 4) is 11.5 Å². The van der Waals surface area contributed by atoms with E-state index in [4.69, 9.17) is 32.7 Å². The molecule has 1 fully saturated rings. The van der Waals surface area contributed by atoms with Gasteiger partial charge < -0.3 is 24.8 Å². The van der Waals surface area contributed by atoms with Crippen LogP contribution >= 0.6 is 23.2 Å². The second kappa shape index (κ2) is 10.9. The molecule has 0 bridgehead atoms. The van der Waals surface area contributed by atoms with Crippen LogP contribution in [0.3, 0.4) is 0 Å². The molecule has 1 aliphatic heterocycles. The van der Waals surface area contributed by atoms with Crippen molar-refractivity contribution >= 4 is 34.9 Å². The van der Waals surface area contributed by atoms with Gasteiger partial charge in [0, 0.05) is 61.6 Å². The fraction of sp³-hybridized carbons (Fsp3) is 0.409. The van der Waals surface area contributed by atoms with Crippen LogP contribution in [0.25, 0.3) is 0 Å². The average molecular weight is 468 g/mol. The molecule has 1 saturated heterocycles. The first kappa shape index (κ1) is 23.5. The minimum absolute atomic E-state index is 0.0221. The monoisotopic (exact) mass is 467 g/mol. The van der Waals surface area contributed by atoms with Crippen molar-refractivity contribution in [2.75, 3.05) is 58.8 Å². The highest BCUT2D eigenvalue weighted by Crippen LogP contribution is 2.32. The fourth-order valence-corrected chi connectivity index (χ4v) is 3.87. The fourth-order valence-electron chi connectivity index (χ4n) is 3.34. The van der Waals surface area contributed by atoms with Crippen LogP contribution in [0.1, 0.15) is 15.9 Å². The summed E-state index contributed by atoms with van der Waals surface area (Å²) >= 11 is 12.0. The Bertz CT molecular complexity index is 918. The van der Waals surface area contributed by atoms with Gasteiger partial charge in [0.15, 0.2) is 0 Å². The van der Waals surface area contributed by atoms with E-state index in [1.54, 1.807) is 24.3 Å². The van der Waals surface area contributed by atoms with E-state index < -0.39 is 5.97 Å². The number of anilines is 1. The number of phenols is 1. The molecule has 0 radical (unpaired) electrons. The highest BCUT2D eigenvalue weighted by Gasteiger charge is 2.17. The molecule has 3 rings (SSSR count). The Morgan fingerprint density at radius 3 is 2.61 bits per heavy atom. The summed E-state index contributed by atoms with van der Waals surface area (Å²) < 4.78 is 10.8. The van der Waals surface area contributed by atoms with Crippen LogP contribution in [0.5, 0.6) is 11.5 Å². The number of hydrogen-bond donors (Lipinski definition) is 2. The maximum atomic E-state index is 12.5. The van der Waals surface area contributed by atoms with E-state index >= 15 is 0 Å². The van der Waals surface area contributed by atoms with Crippen LogP contribution in [0, 0.1) is 0 Å². The SMILES string of the molecule is COc1cc(NCc2cc(Cl)cc(Cl)c2O)ccc1C(=O)OCCN1CCN(C)CC1. The lowest BCUT2D eigenvalue weighted by Crippen LogP contribution is -2.45. The summed E-state index contributed by atoms with van der Waals surface area (Å²) in [5, 5.41) is 13.9. The van der Waals surface area contributed by atoms with Crippen LogP contribution < -0.4 is 10.1 Å². The molecule has 0 aliphatic carbocycles. The second-order valence-electron chi connectivity index (χ2n) is 7.44. The Hall–Kier alpha value is -2.19. The molecule has 0 unspecified atom stereocenters. The quantitative estimate of drug-likeness (QED) is 0.572. The normalized spacial score (nSPS) is 15.0. The summed E-state index contributed by atoms with van der Waals surface area (Å²) in [4.78, 5) is 17.1. The number of phenolic OH excluding ortho intramolecular Hbond substituents is 1. The Balaban J connectivity index is 1.57. The van der Waals surface area contributed by atoms with Gasteiger partial charge in [0.25, 0.3) is 0 Å². The zero-order chi connectivity index (χ0) is 22.4. The van der Waals surface area contributed by atoms with Gasteiger partial charge in [0.05, 0.1) is 12.1 Å². The maximum Gasteiger partial charge on any atom is 0.341 e. The van der Waals surface area contributed by atoms with Crippen molar-refractivity contribution in [2.24, 2.45) is 0 Å². The van der Waals surface area contributed by atoms with Crippen molar-refractivity contribution in [1.29, 1.82) is 0 Å². The zero-order valence-electron chi connectivity index (χ0n) is 17.7. The third-order valence-corrected chi connectivity index (χ3v) is 5.75. The van der Waals surface area contributed by atoms with Gasteiger partial charge in [-0.25, -0.2) is 4.79 Å². The van der Waals surface area contributed by atoms with Gasteiger partial charge in [0.1, 0.15) is 23.7 Å². The van der Waals surface area contributed by atoms with E-state index in [9.17, 15) is 9.90 Å². The molecule has 31 heavy (non-hydrogen) atoms. The van der Waals surface area contributed by atoms with Crippen LogP contribution in [0.2, 0.25) is 10.0 Å². The zero-order valence-corrected chi connectivity index (χ0v) is 19.2. The molecular formula is C22H27Cl2N3O4. The molecule has 0 atom stereocenters. The summed E-state index contributed by atoms with van der Waals surface area (Å²) in [7, 11) is 3.61. The number of benzene rings is 2. The Morgan fingerprint density at radius 2 is 1.90 bits per heavy atom. The van der Waals surface area contributed by atoms with Crippen LogP contribution in [-0.2, 0) is 11.3 Å². The number of nitrogens with one attached hydrogen (secondary N) is 1. The average Bonchev–Trinajstić information content (AvgIpc) is 2.76. The van der Waals surface area contributed by atoms with E-state index in [2.05, 4.69) is 22.2 Å². The number of hydrogen-bond acceptors (Lipinski definition) is 7. The summed E-state index contributed by atoms with van der Waals surface area (Å²) in [6.07, 6.45) is 0. The number of carbonyl (C=O) groups excluding carboxylic acids is 1. The molecule has 1 heterocycles. The first-order chi connectivity index (χ1) is 14.9. The number of piperazine rings is 1. The predicted octanol–water partition coefficient (Wildman–Crippen LogP) is 3.72. The number of nitrogens with zero attached hydrogens (tertiary/aromatic N) is 2. The molecule has 0 amide bonds. The first-order valence-electron chi connectivity index (χ1n) is 10.0. The topological polar surface area (TPSA) is 74.3 Å². The van der Waals surface area contributed by atoms with E-state index in [1.165, 1.54) is 13.2 Å². The lowest BCUT2D eigenvalue weighted by atomic mass is 10.1. The molecule has 7 nitrogen and oxygen atoms in total. The number of esters is 1. The Labute approximate surface area is 192 Å². The molecule has 2 aromatic rings. The van der Waals surface area contributed by atoms with Gasteiger partial charge in [0.2, 0.25) is 0 Å². The largest absolute Gasteiger partial charge is 0.506 e. The predicted molar refractivity (Wildman–Crippen MR) is 123 cm³/mol. The molecule has 1 aliphatic rings. The molecular weight excluding hydrogens is 441 g/mol. The van der Waals surface area contributed by atoms with E-state index in [0.29, 0.717) is 47.3 Å². The minimum atomic E-state index is -0.420. The summed E-state index contributed by atoms with van der Waals surface area (Å²) in [6.45, 7) is 5.35. The van der Waals surface area contributed by atoms with Crippen LogP contribution in [0.15, 0.2) is 30.3 Å². The van der Waals surface area contributed by atoms with Crippen molar-refractivity contribution in [3.63, 3.8) is 0 Å². The van der Waals surface area contributed by atoms with Gasteiger partial charge in [-0.1, -0.05) is 23.2 Å². The summed E-state index contributed by atoms with van der Waals surface area (Å²) in [5.41, 5.74) is 1.63. The number of aromatic hydroxyl groups is 1. The summed E-state index contributed by atoms with van der Waals surface area (Å²) in [5.74, 6) is -0.0363. The van der Waals surface area contributed by atoms with E-state index in [1.807, 2.05) is 0 Å². The number of halogens is 2. The van der Waals surface area contributed by atoms with Crippen molar-refractivity contribution in [3.05, 3.63) is 51.5 Å². The van der Waals surface area contributed by atoms with Crippen molar-refractivity contribution in [2.45, 2.75) is 6.54 Å². The Morgan fingerprint density at radius 1 is 1.16 bits per heavy atom. The Kier molecular flexibility index (Phi) is 8.26. The van der Waals surface area contributed by atoms with Gasteiger partial charge in [-0.3, -0.25) is 4.90 Å². The molecule has 2 aromatic carbocycles. The number of methoxy groups -OCH3 is 1. The molecule has 2 N–H and O–H groups in total. The number of carbonyl (C=O) groups is 1. The second-order valence-corrected chi connectivity index (χ2v) is 8.29. The third kappa shape index (κ3) is 6.40. The molecule has 9 heteroatoms. The highest BCUT2D eigenvalue weighted by atomic mass is 35.5. The highest BCUT2D eigenvalue weighted by molar-refractivity contribution is 6.35. The van der Waals surface area contributed by atoms with Gasteiger partial charge in [-0.15, -0.1) is 0 Å². The first-order valence-corrected chi connectivity index (χ1v) is 10.8. The lowest BCUT2D eigenvalue weighted by molar-refractivity contribution is 0.0429. The van der Waals surface area contributed by atoms with Crippen LogP contribution in [0.4, 0.5) is 5.69 Å². The lowest BCUT2D eigenvalue weighted by Gasteiger charge is -2.32. The molecule has 0 saturated carbocycles. The van der Waals surface area contributed by atoms with Gasteiger partial charge in [-0.05, 0) is 31.3 Å². The smallest absolute Gasteiger partial charge is 0.341 e. The van der Waals surface area contributed by atoms with E-state index in [-0.39, 0.29) is 10.8 Å². The third-order valence-electron chi connectivity index (χ3n) is 5.25. The molecule has 168 valence electrons. The van der Waals surface area contributed by atoms with Crippen molar-refractivity contribution < 1.29 is 19.4 Å². The van der Waals surface area contributed by atoms with E-state index in [0.717, 1.165) is 26.2 Å².